The number of amides is 1. The van der Waals surface area contributed by atoms with Crippen LogP contribution in [0.2, 0.25) is 0 Å². The van der Waals surface area contributed by atoms with Gasteiger partial charge < -0.3 is 30.3 Å². The third-order valence-corrected chi connectivity index (χ3v) is 10.9. The number of carbonyl (C=O) groups is 1. The smallest absolute Gasteiger partial charge is 0.224 e. The molecule has 51 heavy (non-hydrogen) atoms. The molecule has 1 aliphatic carbocycles. The predicted octanol–water partition coefficient (Wildman–Crippen LogP) is 8.81. The van der Waals surface area contributed by atoms with Crippen molar-refractivity contribution in [3.63, 3.8) is 0 Å². The molecule has 274 valence electrons. The molecule has 3 aromatic rings. The van der Waals surface area contributed by atoms with Gasteiger partial charge in [-0.3, -0.25) is 9.78 Å². The van der Waals surface area contributed by atoms with Crippen LogP contribution in [0.1, 0.15) is 94.7 Å². The minimum Gasteiger partial charge on any atom is -0.492 e. The van der Waals surface area contributed by atoms with Crippen LogP contribution in [0.5, 0.6) is 11.5 Å². The van der Waals surface area contributed by atoms with Crippen molar-refractivity contribution in [3.05, 3.63) is 59.3 Å². The standard InChI is InChI=1S/C42H58N6O3/c1-7-50-38-25-35-34(24-36(38)47-39(49)16-15-21-48(5)6)40(32(26-43)27-45-35)46-33-22-29(2)41(30(3)23-33)51-28-37-31(4)42(19-20-44-37)17-13-11-9-8-10-12-14-18-42/h8-9,22-25,27,31,37,44H,7,10-21,28H2,1-6H3,(H,45,46)(H,47,49)/b9-8-. The minimum absolute atomic E-state index is 0.0844. The molecule has 3 unspecified atom stereocenters. The maximum atomic E-state index is 12.9. The van der Waals surface area contributed by atoms with Gasteiger partial charge >= 0.3 is 0 Å². The van der Waals surface area contributed by atoms with E-state index in [-0.39, 0.29) is 5.91 Å². The maximum absolute atomic E-state index is 12.9. The van der Waals surface area contributed by atoms with Crippen LogP contribution in [0.15, 0.2) is 42.6 Å². The average molecular weight is 695 g/mol. The molecule has 1 saturated heterocycles. The molecule has 2 aromatic carbocycles. The highest BCUT2D eigenvalue weighted by Gasteiger charge is 2.42. The molecule has 1 amide bonds. The number of anilines is 3. The van der Waals surface area contributed by atoms with E-state index in [0.29, 0.717) is 65.2 Å². The zero-order chi connectivity index (χ0) is 36.4. The van der Waals surface area contributed by atoms with E-state index in [4.69, 9.17) is 9.47 Å². The number of fused-ring (bicyclic) bond motifs is 1. The van der Waals surface area contributed by atoms with E-state index in [0.717, 1.165) is 47.5 Å². The van der Waals surface area contributed by atoms with Gasteiger partial charge in [-0.15, -0.1) is 0 Å². The van der Waals surface area contributed by atoms with E-state index >= 15 is 0 Å². The molecule has 1 fully saturated rings. The summed E-state index contributed by atoms with van der Waals surface area (Å²) in [5.74, 6) is 1.91. The number of nitrogens with zero attached hydrogens (tertiary/aromatic N) is 3. The number of allylic oxidation sites excluding steroid dienone is 2. The number of hydrogen-bond donors (Lipinski definition) is 3. The largest absolute Gasteiger partial charge is 0.492 e. The van der Waals surface area contributed by atoms with Crippen LogP contribution >= 0.6 is 0 Å². The van der Waals surface area contributed by atoms with Crippen LogP contribution in [0.4, 0.5) is 17.1 Å². The molecule has 2 aliphatic rings. The highest BCUT2D eigenvalue weighted by molar-refractivity contribution is 6.02. The average Bonchev–Trinajstić information content (AvgIpc) is 3.09. The van der Waals surface area contributed by atoms with E-state index in [1.54, 1.807) is 6.20 Å². The van der Waals surface area contributed by atoms with E-state index in [1.807, 2.05) is 33.2 Å². The summed E-state index contributed by atoms with van der Waals surface area (Å²) in [5, 5.41) is 21.2. The molecular formula is C42H58N6O3. The first kappa shape index (κ1) is 38.1. The van der Waals surface area contributed by atoms with Crippen molar-refractivity contribution in [2.45, 2.75) is 97.9 Å². The van der Waals surface area contributed by atoms with Gasteiger partial charge in [0.2, 0.25) is 5.91 Å². The zero-order valence-electron chi connectivity index (χ0n) is 31.7. The third-order valence-electron chi connectivity index (χ3n) is 10.9. The molecule has 3 atom stereocenters. The van der Waals surface area contributed by atoms with Crippen LogP contribution in [0.3, 0.4) is 0 Å². The van der Waals surface area contributed by atoms with E-state index in [1.165, 1.54) is 51.4 Å². The number of nitrogens with one attached hydrogen (secondary N) is 3. The van der Waals surface area contributed by atoms with Gasteiger partial charge in [-0.2, -0.15) is 5.26 Å². The minimum atomic E-state index is -0.0844. The van der Waals surface area contributed by atoms with Crippen molar-refractivity contribution in [2.75, 3.05) is 51.0 Å². The van der Waals surface area contributed by atoms with Crippen LogP contribution < -0.4 is 25.4 Å². The van der Waals surface area contributed by atoms with Crippen molar-refractivity contribution < 1.29 is 14.3 Å². The molecule has 3 N–H and O–H groups in total. The van der Waals surface area contributed by atoms with Crippen molar-refractivity contribution >= 4 is 33.9 Å². The van der Waals surface area contributed by atoms with Crippen LogP contribution in [0, 0.1) is 36.5 Å². The Morgan fingerprint density at radius 1 is 1.06 bits per heavy atom. The Labute approximate surface area is 305 Å². The maximum Gasteiger partial charge on any atom is 0.224 e. The van der Waals surface area contributed by atoms with E-state index < -0.39 is 0 Å². The second-order valence-corrected chi connectivity index (χ2v) is 14.9. The lowest BCUT2D eigenvalue weighted by molar-refractivity contribution is -0.116. The Balaban J connectivity index is 1.35. The normalized spacial score (nSPS) is 21.6. The summed E-state index contributed by atoms with van der Waals surface area (Å²) in [7, 11) is 3.99. The van der Waals surface area contributed by atoms with Crippen molar-refractivity contribution in [3.8, 4) is 17.6 Å². The number of ether oxygens (including phenoxy) is 2. The Morgan fingerprint density at radius 3 is 2.53 bits per heavy atom. The summed E-state index contributed by atoms with van der Waals surface area (Å²) < 4.78 is 12.5. The number of aromatic nitrogens is 1. The fourth-order valence-electron chi connectivity index (χ4n) is 8.07. The fraction of sp³-hybridized carbons (Fsp3) is 0.548. The second-order valence-electron chi connectivity index (χ2n) is 14.9. The number of hydrogen-bond acceptors (Lipinski definition) is 8. The van der Waals surface area contributed by atoms with Crippen LogP contribution in [-0.2, 0) is 4.79 Å². The van der Waals surface area contributed by atoms with Gasteiger partial charge in [-0.25, -0.2) is 0 Å². The Hall–Kier alpha value is -4.13. The first-order valence-corrected chi connectivity index (χ1v) is 19.0. The molecule has 0 radical (unpaired) electrons. The Bertz CT molecular complexity index is 1710. The summed E-state index contributed by atoms with van der Waals surface area (Å²) in [4.78, 5) is 19.5. The molecular weight excluding hydrogens is 637 g/mol. The molecule has 1 aromatic heterocycles. The zero-order valence-corrected chi connectivity index (χ0v) is 31.7. The first-order chi connectivity index (χ1) is 24.6. The topological polar surface area (TPSA) is 112 Å². The first-order valence-electron chi connectivity index (χ1n) is 19.0. The summed E-state index contributed by atoms with van der Waals surface area (Å²) in [6.45, 7) is 11.5. The predicted molar refractivity (Wildman–Crippen MR) is 208 cm³/mol. The van der Waals surface area contributed by atoms with Crippen molar-refractivity contribution in [1.82, 2.24) is 15.2 Å². The number of aryl methyl sites for hydroxylation is 2. The van der Waals surface area contributed by atoms with Gasteiger partial charge in [0.05, 0.1) is 29.1 Å². The third kappa shape index (κ3) is 9.61. The summed E-state index contributed by atoms with van der Waals surface area (Å²) in [5.41, 5.74) is 5.56. The highest BCUT2D eigenvalue weighted by atomic mass is 16.5. The van der Waals surface area contributed by atoms with Gasteiger partial charge in [-0.05, 0) is 140 Å². The quantitative estimate of drug-likeness (QED) is 0.161. The summed E-state index contributed by atoms with van der Waals surface area (Å²) >= 11 is 0. The number of piperidine rings is 1. The van der Waals surface area contributed by atoms with Gasteiger partial charge in [0.15, 0.2) is 0 Å². The highest BCUT2D eigenvalue weighted by Crippen LogP contribution is 2.46. The fourth-order valence-corrected chi connectivity index (χ4v) is 8.07. The molecule has 9 heteroatoms. The molecule has 1 spiro atoms. The number of pyridine rings is 1. The Morgan fingerprint density at radius 2 is 1.80 bits per heavy atom. The monoisotopic (exact) mass is 694 g/mol. The lowest BCUT2D eigenvalue weighted by atomic mass is 9.63. The number of benzene rings is 2. The molecule has 0 saturated carbocycles. The van der Waals surface area contributed by atoms with Crippen molar-refractivity contribution in [2.24, 2.45) is 11.3 Å². The molecule has 0 bridgehead atoms. The van der Waals surface area contributed by atoms with Crippen LogP contribution in [-0.4, -0.2) is 62.2 Å². The molecule has 9 nitrogen and oxygen atoms in total. The molecule has 2 heterocycles. The number of carbonyl (C=O) groups excluding carboxylic acids is 1. The van der Waals surface area contributed by atoms with Gasteiger partial charge in [0.1, 0.15) is 24.2 Å². The second kappa shape index (κ2) is 17.9. The summed E-state index contributed by atoms with van der Waals surface area (Å²) in [6.07, 6.45) is 17.6. The number of nitriles is 1. The lowest BCUT2D eigenvalue weighted by Gasteiger charge is -2.48. The van der Waals surface area contributed by atoms with Gasteiger partial charge in [-0.1, -0.05) is 25.5 Å². The Kier molecular flexibility index (Phi) is 13.4. The number of rotatable bonds is 12. The van der Waals surface area contributed by atoms with Crippen molar-refractivity contribution in [1.29, 1.82) is 5.26 Å². The van der Waals surface area contributed by atoms with Crippen LogP contribution in [0.25, 0.3) is 10.9 Å². The molecule has 5 rings (SSSR count). The lowest BCUT2D eigenvalue weighted by Crippen LogP contribution is -2.53. The molecule has 1 aliphatic heterocycles. The van der Waals surface area contributed by atoms with Gasteiger partial charge in [0.25, 0.3) is 0 Å². The van der Waals surface area contributed by atoms with Gasteiger partial charge in [0, 0.05) is 35.8 Å². The van der Waals surface area contributed by atoms with E-state index in [9.17, 15) is 10.1 Å². The SMILES string of the molecule is CCOc1cc2ncc(C#N)c(Nc3cc(C)c(OCC4NCCC5(CCC/C=C\CCCC5)C4C)c(C)c3)c2cc1NC(=O)CCCN(C)C. The summed E-state index contributed by atoms with van der Waals surface area (Å²) in [6, 6.07) is 10.4. The van der Waals surface area contributed by atoms with E-state index in [2.05, 4.69) is 77.0 Å².